The van der Waals surface area contributed by atoms with Crippen LogP contribution in [0.5, 0.6) is 5.75 Å². The fraction of sp³-hybridized carbons (Fsp3) is 0.0968. The Labute approximate surface area is 211 Å². The molecule has 0 bridgehead atoms. The normalized spacial score (nSPS) is 11.6. The molecule has 1 atom stereocenters. The molecule has 1 unspecified atom stereocenters. The molecule has 4 aromatic carbocycles. The van der Waals surface area contributed by atoms with E-state index in [0.717, 1.165) is 28.1 Å². The SMILES string of the molecule is COc1cccc(-c2cc(C(=O)NC(Cc3ccccc3)c3ccccc3)n(-c3ccccc3)n2)c1. The third-order valence-corrected chi connectivity index (χ3v) is 6.10. The van der Waals surface area contributed by atoms with Gasteiger partial charge < -0.3 is 10.1 Å². The van der Waals surface area contributed by atoms with Crippen molar-refractivity contribution in [2.75, 3.05) is 7.11 Å². The average Bonchev–Trinajstić information content (AvgIpc) is 3.40. The maximum Gasteiger partial charge on any atom is 0.270 e. The summed E-state index contributed by atoms with van der Waals surface area (Å²) in [6.45, 7) is 0. The van der Waals surface area contributed by atoms with Crippen molar-refractivity contribution in [3.63, 3.8) is 0 Å². The Morgan fingerprint density at radius 3 is 2.19 bits per heavy atom. The van der Waals surface area contributed by atoms with E-state index in [1.54, 1.807) is 11.8 Å². The summed E-state index contributed by atoms with van der Waals surface area (Å²) in [6, 6.07) is 39.3. The fourth-order valence-corrected chi connectivity index (χ4v) is 4.25. The molecule has 0 radical (unpaired) electrons. The van der Waals surface area contributed by atoms with Gasteiger partial charge in [0.25, 0.3) is 5.91 Å². The monoisotopic (exact) mass is 473 g/mol. The van der Waals surface area contributed by atoms with Gasteiger partial charge in [-0.15, -0.1) is 0 Å². The summed E-state index contributed by atoms with van der Waals surface area (Å²) in [5.41, 5.74) is 5.06. The maximum absolute atomic E-state index is 13.8. The lowest BCUT2D eigenvalue weighted by molar-refractivity contribution is 0.0928. The number of ether oxygens (including phenoxy) is 1. The van der Waals surface area contributed by atoms with Crippen LogP contribution < -0.4 is 10.1 Å². The van der Waals surface area contributed by atoms with Crippen molar-refractivity contribution >= 4 is 5.91 Å². The Kier molecular flexibility index (Phi) is 6.90. The predicted molar refractivity (Wildman–Crippen MR) is 142 cm³/mol. The molecule has 0 aliphatic heterocycles. The van der Waals surface area contributed by atoms with E-state index in [4.69, 9.17) is 9.84 Å². The molecule has 36 heavy (non-hydrogen) atoms. The Balaban J connectivity index is 1.52. The first-order valence-corrected chi connectivity index (χ1v) is 11.9. The lowest BCUT2D eigenvalue weighted by Crippen LogP contribution is -2.31. The Bertz CT molecular complexity index is 1430. The van der Waals surface area contributed by atoms with Crippen molar-refractivity contribution < 1.29 is 9.53 Å². The highest BCUT2D eigenvalue weighted by Gasteiger charge is 2.22. The van der Waals surface area contributed by atoms with Crippen LogP contribution in [-0.4, -0.2) is 22.8 Å². The molecule has 0 saturated heterocycles. The van der Waals surface area contributed by atoms with Crippen LogP contribution in [0.3, 0.4) is 0 Å². The van der Waals surface area contributed by atoms with Gasteiger partial charge in [0.1, 0.15) is 11.4 Å². The second-order valence-electron chi connectivity index (χ2n) is 8.52. The van der Waals surface area contributed by atoms with Gasteiger partial charge in [0.05, 0.1) is 24.5 Å². The highest BCUT2D eigenvalue weighted by molar-refractivity contribution is 5.94. The van der Waals surface area contributed by atoms with Crippen LogP contribution in [-0.2, 0) is 6.42 Å². The zero-order chi connectivity index (χ0) is 24.7. The van der Waals surface area contributed by atoms with Crippen LogP contribution in [0.1, 0.15) is 27.7 Å². The number of carbonyl (C=O) groups is 1. The second-order valence-corrected chi connectivity index (χ2v) is 8.52. The number of rotatable bonds is 8. The largest absolute Gasteiger partial charge is 0.497 e. The first-order chi connectivity index (χ1) is 17.7. The summed E-state index contributed by atoms with van der Waals surface area (Å²) in [4.78, 5) is 13.8. The number of methoxy groups -OCH3 is 1. The summed E-state index contributed by atoms with van der Waals surface area (Å²) >= 11 is 0. The summed E-state index contributed by atoms with van der Waals surface area (Å²) < 4.78 is 7.09. The minimum Gasteiger partial charge on any atom is -0.497 e. The second kappa shape index (κ2) is 10.7. The van der Waals surface area contributed by atoms with Crippen molar-refractivity contribution in [1.29, 1.82) is 0 Å². The highest BCUT2D eigenvalue weighted by Crippen LogP contribution is 2.26. The average molecular weight is 474 g/mol. The van der Waals surface area contributed by atoms with Gasteiger partial charge in [-0.2, -0.15) is 5.10 Å². The van der Waals surface area contributed by atoms with Crippen LogP contribution in [0, 0.1) is 0 Å². The molecular weight excluding hydrogens is 446 g/mol. The minimum absolute atomic E-state index is 0.190. The van der Waals surface area contributed by atoms with Gasteiger partial charge in [-0.05, 0) is 47.9 Å². The van der Waals surface area contributed by atoms with E-state index in [-0.39, 0.29) is 11.9 Å². The molecule has 1 aromatic heterocycles. The van der Waals surface area contributed by atoms with E-state index in [1.807, 2.05) is 109 Å². The van der Waals surface area contributed by atoms with Gasteiger partial charge in [-0.25, -0.2) is 4.68 Å². The maximum atomic E-state index is 13.8. The molecule has 5 rings (SSSR count). The Morgan fingerprint density at radius 1 is 0.833 bits per heavy atom. The molecule has 178 valence electrons. The number of carbonyl (C=O) groups excluding carboxylic acids is 1. The molecule has 5 nitrogen and oxygen atoms in total. The van der Waals surface area contributed by atoms with Crippen molar-refractivity contribution in [3.05, 3.63) is 138 Å². The molecule has 5 heteroatoms. The van der Waals surface area contributed by atoms with E-state index in [2.05, 4.69) is 17.4 Å². The molecule has 0 saturated carbocycles. The summed E-state index contributed by atoms with van der Waals surface area (Å²) in [5.74, 6) is 0.546. The number of nitrogens with zero attached hydrogens (tertiary/aromatic N) is 2. The van der Waals surface area contributed by atoms with Gasteiger partial charge in [0.15, 0.2) is 0 Å². The van der Waals surface area contributed by atoms with Gasteiger partial charge in [-0.3, -0.25) is 4.79 Å². The van der Waals surface area contributed by atoms with Crippen molar-refractivity contribution in [2.24, 2.45) is 0 Å². The van der Waals surface area contributed by atoms with E-state index in [9.17, 15) is 4.79 Å². The lowest BCUT2D eigenvalue weighted by atomic mass is 9.98. The van der Waals surface area contributed by atoms with Gasteiger partial charge in [-0.1, -0.05) is 91.0 Å². The summed E-state index contributed by atoms with van der Waals surface area (Å²) in [7, 11) is 1.64. The molecule has 0 fully saturated rings. The van der Waals surface area contributed by atoms with Crippen LogP contribution in [0.4, 0.5) is 0 Å². The first-order valence-electron chi connectivity index (χ1n) is 11.9. The van der Waals surface area contributed by atoms with E-state index in [0.29, 0.717) is 17.8 Å². The first kappa shape index (κ1) is 23.1. The Morgan fingerprint density at radius 2 is 1.50 bits per heavy atom. The fourth-order valence-electron chi connectivity index (χ4n) is 4.25. The highest BCUT2D eigenvalue weighted by atomic mass is 16.5. The molecular formula is C31H27N3O2. The van der Waals surface area contributed by atoms with Crippen LogP contribution in [0.2, 0.25) is 0 Å². The summed E-state index contributed by atoms with van der Waals surface area (Å²) in [6.07, 6.45) is 0.679. The number of nitrogens with one attached hydrogen (secondary N) is 1. The molecule has 0 aliphatic carbocycles. The molecule has 0 spiro atoms. The predicted octanol–water partition coefficient (Wildman–Crippen LogP) is 6.26. The third kappa shape index (κ3) is 5.20. The number of amides is 1. The van der Waals surface area contributed by atoms with E-state index >= 15 is 0 Å². The number of hydrogen-bond acceptors (Lipinski definition) is 3. The summed E-state index contributed by atoms with van der Waals surface area (Å²) in [5, 5.41) is 8.08. The number of hydrogen-bond donors (Lipinski definition) is 1. The van der Waals surface area contributed by atoms with Crippen LogP contribution in [0.25, 0.3) is 16.9 Å². The van der Waals surface area contributed by atoms with Gasteiger partial charge in [0.2, 0.25) is 0 Å². The number of para-hydroxylation sites is 1. The topological polar surface area (TPSA) is 56.1 Å². The molecule has 5 aromatic rings. The van der Waals surface area contributed by atoms with Crippen molar-refractivity contribution in [2.45, 2.75) is 12.5 Å². The van der Waals surface area contributed by atoms with E-state index in [1.165, 1.54) is 0 Å². The smallest absolute Gasteiger partial charge is 0.270 e. The molecule has 1 amide bonds. The van der Waals surface area contributed by atoms with Crippen molar-refractivity contribution in [3.8, 4) is 22.7 Å². The van der Waals surface area contributed by atoms with Crippen LogP contribution in [0.15, 0.2) is 121 Å². The number of benzene rings is 4. The molecule has 1 N–H and O–H groups in total. The van der Waals surface area contributed by atoms with Crippen LogP contribution >= 0.6 is 0 Å². The number of aromatic nitrogens is 2. The lowest BCUT2D eigenvalue weighted by Gasteiger charge is -2.20. The van der Waals surface area contributed by atoms with Crippen molar-refractivity contribution in [1.82, 2.24) is 15.1 Å². The Hall–Kier alpha value is -4.64. The molecule has 0 aliphatic rings. The zero-order valence-electron chi connectivity index (χ0n) is 20.0. The quantitative estimate of drug-likeness (QED) is 0.289. The third-order valence-electron chi connectivity index (χ3n) is 6.10. The minimum atomic E-state index is -0.194. The van der Waals surface area contributed by atoms with Gasteiger partial charge >= 0.3 is 0 Å². The molecule has 1 heterocycles. The van der Waals surface area contributed by atoms with Gasteiger partial charge in [0, 0.05) is 5.56 Å². The zero-order valence-corrected chi connectivity index (χ0v) is 20.0. The van der Waals surface area contributed by atoms with E-state index < -0.39 is 0 Å². The standard InChI is InChI=1S/C31H27N3O2/c1-36-27-19-11-16-25(21-27)29-22-30(34(33-29)26-17-9-4-10-18-26)31(35)32-28(24-14-7-3-8-15-24)20-23-12-5-2-6-13-23/h2-19,21-22,28H,20H2,1H3,(H,32,35).